The maximum absolute atomic E-state index is 13.8. The van der Waals surface area contributed by atoms with Crippen molar-refractivity contribution in [3.8, 4) is 0 Å². The molecule has 1 unspecified atom stereocenters. The third kappa shape index (κ3) is 2.25. The van der Waals surface area contributed by atoms with Crippen LogP contribution in [0.25, 0.3) is 0 Å². The van der Waals surface area contributed by atoms with Crippen LogP contribution >= 0.6 is 0 Å². The Labute approximate surface area is 151 Å². The lowest BCUT2D eigenvalue weighted by Gasteiger charge is -2.39. The maximum atomic E-state index is 13.8. The monoisotopic (exact) mass is 332 g/mol. The predicted molar refractivity (Wildman–Crippen MR) is 102 cm³/mol. The fourth-order valence-electron chi connectivity index (χ4n) is 5.97. The molecule has 2 aromatic carbocycles. The lowest BCUT2D eigenvalue weighted by molar-refractivity contribution is -0.137. The van der Waals surface area contributed by atoms with Crippen molar-refractivity contribution < 1.29 is 4.79 Å². The van der Waals surface area contributed by atoms with Crippen molar-refractivity contribution in [1.29, 1.82) is 0 Å². The summed E-state index contributed by atoms with van der Waals surface area (Å²) in [5, 5.41) is 0. The Kier molecular flexibility index (Phi) is 3.68. The highest BCUT2D eigenvalue weighted by molar-refractivity contribution is 5.95. The van der Waals surface area contributed by atoms with Gasteiger partial charge in [-0.1, -0.05) is 81.4 Å². The Morgan fingerprint density at radius 1 is 0.840 bits per heavy atom. The molecule has 2 bridgehead atoms. The minimum absolute atomic E-state index is 0.0770. The second-order valence-electron chi connectivity index (χ2n) is 8.96. The number of carbonyl (C=O) groups excluding carboxylic acids is 1. The molecule has 0 aliphatic heterocycles. The molecule has 0 heterocycles. The van der Waals surface area contributed by atoms with Crippen LogP contribution in [-0.4, -0.2) is 5.78 Å². The number of rotatable bonds is 4. The first-order valence-electron chi connectivity index (χ1n) is 9.53. The van der Waals surface area contributed by atoms with E-state index in [1.54, 1.807) is 0 Å². The van der Waals surface area contributed by atoms with Crippen molar-refractivity contribution >= 4 is 5.78 Å². The second kappa shape index (κ2) is 5.56. The van der Waals surface area contributed by atoms with Gasteiger partial charge in [0.05, 0.1) is 0 Å². The van der Waals surface area contributed by atoms with Crippen LogP contribution in [0, 0.1) is 22.2 Å². The Balaban J connectivity index is 1.81. The van der Waals surface area contributed by atoms with Crippen molar-refractivity contribution in [1.82, 2.24) is 0 Å². The molecule has 2 aliphatic rings. The van der Waals surface area contributed by atoms with E-state index in [-0.39, 0.29) is 16.2 Å². The van der Waals surface area contributed by atoms with Crippen LogP contribution in [0.3, 0.4) is 0 Å². The number of fused-ring (bicyclic) bond motifs is 2. The smallest absolute Gasteiger partial charge is 0.146 e. The number of ketones is 1. The first-order valence-corrected chi connectivity index (χ1v) is 9.53. The number of Topliss-reactive ketones (excluding diaryl/α,β-unsaturated/α-hetero) is 1. The fourth-order valence-corrected chi connectivity index (χ4v) is 5.97. The summed E-state index contributed by atoms with van der Waals surface area (Å²) < 4.78 is 0. The van der Waals surface area contributed by atoms with Gasteiger partial charge in [0.2, 0.25) is 0 Å². The summed E-state index contributed by atoms with van der Waals surface area (Å²) in [6, 6.07) is 21.2. The zero-order valence-corrected chi connectivity index (χ0v) is 15.6. The fraction of sp³-hybridized carbons (Fsp3) is 0.458. The molecular formula is C24H28O. The van der Waals surface area contributed by atoms with Gasteiger partial charge in [0, 0.05) is 10.8 Å². The van der Waals surface area contributed by atoms with Gasteiger partial charge in [-0.05, 0) is 48.1 Å². The van der Waals surface area contributed by atoms with Gasteiger partial charge >= 0.3 is 0 Å². The summed E-state index contributed by atoms with van der Waals surface area (Å²) in [6.07, 6.45) is 3.96. The number of carbonyl (C=O) groups is 1. The summed E-state index contributed by atoms with van der Waals surface area (Å²) in [5.41, 5.74) is 2.21. The van der Waals surface area contributed by atoms with Crippen LogP contribution in [0.1, 0.15) is 44.7 Å². The van der Waals surface area contributed by atoms with Gasteiger partial charge in [-0.2, -0.15) is 0 Å². The zero-order valence-electron chi connectivity index (χ0n) is 15.6. The van der Waals surface area contributed by atoms with Crippen LogP contribution in [-0.2, 0) is 17.6 Å². The van der Waals surface area contributed by atoms with Crippen LogP contribution in [0.5, 0.6) is 0 Å². The average molecular weight is 332 g/mol. The molecule has 0 amide bonds. The minimum Gasteiger partial charge on any atom is -0.298 e. The molecule has 130 valence electrons. The topological polar surface area (TPSA) is 17.1 Å². The van der Waals surface area contributed by atoms with Crippen molar-refractivity contribution in [3.63, 3.8) is 0 Å². The zero-order chi connectivity index (χ0) is 17.7. The van der Waals surface area contributed by atoms with Crippen molar-refractivity contribution in [2.24, 2.45) is 22.2 Å². The Hall–Kier alpha value is -1.89. The molecule has 1 nitrogen and oxygen atoms in total. The molecule has 2 aliphatic carbocycles. The standard InChI is InChI=1S/C24H28O/c1-22(2)20-14-15-23(22,3)21(25)24(20,16-18-10-6-4-7-11-18)17-19-12-8-5-9-13-19/h4-13,20H,14-17H2,1-3H3/t20?,23-/m0/s1. The molecule has 2 aromatic rings. The van der Waals surface area contributed by atoms with E-state index >= 15 is 0 Å². The Morgan fingerprint density at radius 2 is 1.32 bits per heavy atom. The highest BCUT2D eigenvalue weighted by Crippen LogP contribution is 2.71. The summed E-state index contributed by atoms with van der Waals surface area (Å²) in [7, 11) is 0. The summed E-state index contributed by atoms with van der Waals surface area (Å²) in [4.78, 5) is 13.8. The van der Waals surface area contributed by atoms with E-state index in [1.165, 1.54) is 17.5 Å². The van der Waals surface area contributed by atoms with E-state index in [0.717, 1.165) is 19.3 Å². The van der Waals surface area contributed by atoms with E-state index in [2.05, 4.69) is 81.4 Å². The first-order chi connectivity index (χ1) is 11.9. The molecule has 25 heavy (non-hydrogen) atoms. The molecular weight excluding hydrogens is 304 g/mol. The number of hydrogen-bond donors (Lipinski definition) is 0. The van der Waals surface area contributed by atoms with E-state index in [9.17, 15) is 4.79 Å². The SMILES string of the molecule is CC1(C)C2CC[C@@]1(C)C(=O)C2(Cc1ccccc1)Cc1ccccc1. The predicted octanol–water partition coefficient (Wildman–Crippen LogP) is 5.48. The molecule has 1 heteroatoms. The lowest BCUT2D eigenvalue weighted by Crippen LogP contribution is -2.43. The van der Waals surface area contributed by atoms with Gasteiger partial charge in [-0.25, -0.2) is 0 Å². The largest absolute Gasteiger partial charge is 0.298 e. The third-order valence-corrected chi connectivity index (χ3v) is 7.57. The maximum Gasteiger partial charge on any atom is 0.146 e. The lowest BCUT2D eigenvalue weighted by atomic mass is 9.63. The summed E-state index contributed by atoms with van der Waals surface area (Å²) >= 11 is 0. The molecule has 2 fully saturated rings. The quantitative estimate of drug-likeness (QED) is 0.724. The van der Waals surface area contributed by atoms with Crippen LogP contribution in [0.15, 0.2) is 60.7 Å². The van der Waals surface area contributed by atoms with Gasteiger partial charge in [-0.3, -0.25) is 4.79 Å². The van der Waals surface area contributed by atoms with E-state index < -0.39 is 0 Å². The summed E-state index contributed by atoms with van der Waals surface area (Å²) in [5.74, 6) is 0.965. The van der Waals surface area contributed by atoms with E-state index in [1.807, 2.05) is 0 Å². The van der Waals surface area contributed by atoms with Crippen LogP contribution < -0.4 is 0 Å². The minimum atomic E-state index is -0.265. The summed E-state index contributed by atoms with van der Waals surface area (Å²) in [6.45, 7) is 6.90. The third-order valence-electron chi connectivity index (χ3n) is 7.57. The highest BCUT2D eigenvalue weighted by atomic mass is 16.1. The molecule has 0 aromatic heterocycles. The van der Waals surface area contributed by atoms with Gasteiger partial charge < -0.3 is 0 Å². The molecule has 0 radical (unpaired) electrons. The number of hydrogen-bond acceptors (Lipinski definition) is 1. The normalized spacial score (nSPS) is 29.1. The molecule has 2 atom stereocenters. The van der Waals surface area contributed by atoms with E-state index in [0.29, 0.717) is 11.7 Å². The van der Waals surface area contributed by atoms with Crippen molar-refractivity contribution in [3.05, 3.63) is 71.8 Å². The van der Waals surface area contributed by atoms with Crippen molar-refractivity contribution in [2.75, 3.05) is 0 Å². The van der Waals surface area contributed by atoms with Crippen LogP contribution in [0.4, 0.5) is 0 Å². The average Bonchev–Trinajstić information content (AvgIpc) is 2.91. The van der Waals surface area contributed by atoms with Gasteiger partial charge in [-0.15, -0.1) is 0 Å². The Morgan fingerprint density at radius 3 is 1.72 bits per heavy atom. The molecule has 2 saturated carbocycles. The van der Waals surface area contributed by atoms with Gasteiger partial charge in [0.25, 0.3) is 0 Å². The van der Waals surface area contributed by atoms with E-state index in [4.69, 9.17) is 0 Å². The number of benzene rings is 2. The highest BCUT2D eigenvalue weighted by Gasteiger charge is 2.72. The molecule has 0 saturated heterocycles. The van der Waals surface area contributed by atoms with Crippen LogP contribution in [0.2, 0.25) is 0 Å². The second-order valence-corrected chi connectivity index (χ2v) is 8.96. The molecule has 4 rings (SSSR count). The van der Waals surface area contributed by atoms with Crippen molar-refractivity contribution in [2.45, 2.75) is 46.5 Å². The van der Waals surface area contributed by atoms with Gasteiger partial charge in [0.15, 0.2) is 0 Å². The molecule has 0 N–H and O–H groups in total. The first kappa shape index (κ1) is 16.6. The Bertz CT molecular complexity index is 733. The van der Waals surface area contributed by atoms with Gasteiger partial charge in [0.1, 0.15) is 5.78 Å². The molecule has 0 spiro atoms.